The third-order valence-electron chi connectivity index (χ3n) is 4.44. The molecule has 112 valence electrons. The van der Waals surface area contributed by atoms with E-state index in [4.69, 9.17) is 0 Å². The van der Waals surface area contributed by atoms with Crippen LogP contribution in [-0.2, 0) is 4.79 Å². The van der Waals surface area contributed by atoms with Crippen molar-refractivity contribution in [3.05, 3.63) is 34.4 Å². The Morgan fingerprint density at radius 3 is 2.29 bits per heavy atom. The number of nitrogens with zero attached hydrogens (tertiary/aromatic N) is 3. The number of hydrogen-bond donors (Lipinski definition) is 0. The smallest absolute Gasteiger partial charge is 0.269 e. The monoisotopic (exact) mass is 289 g/mol. The van der Waals surface area contributed by atoms with Gasteiger partial charge in [0, 0.05) is 49.9 Å². The number of nitro benzene ring substituents is 1. The Morgan fingerprint density at radius 1 is 1.10 bits per heavy atom. The summed E-state index contributed by atoms with van der Waals surface area (Å²) in [5.74, 6) is 0.295. The van der Waals surface area contributed by atoms with Gasteiger partial charge in [-0.05, 0) is 31.4 Å². The van der Waals surface area contributed by atoms with Gasteiger partial charge in [0.15, 0.2) is 0 Å². The van der Waals surface area contributed by atoms with Gasteiger partial charge in [-0.2, -0.15) is 0 Å². The van der Waals surface area contributed by atoms with Crippen LogP contribution in [0.15, 0.2) is 24.3 Å². The summed E-state index contributed by atoms with van der Waals surface area (Å²) < 4.78 is 0. The van der Waals surface area contributed by atoms with Crippen molar-refractivity contribution in [1.82, 2.24) is 4.90 Å². The molecule has 0 atom stereocenters. The van der Waals surface area contributed by atoms with E-state index >= 15 is 0 Å². The molecule has 0 radical (unpaired) electrons. The van der Waals surface area contributed by atoms with Crippen LogP contribution in [0.5, 0.6) is 0 Å². The molecule has 0 aromatic heterocycles. The topological polar surface area (TPSA) is 66.7 Å². The maximum Gasteiger partial charge on any atom is 0.269 e. The highest BCUT2D eigenvalue weighted by atomic mass is 16.6. The fraction of sp³-hybridized carbons (Fsp3) is 0.533. The van der Waals surface area contributed by atoms with Crippen LogP contribution in [0.25, 0.3) is 0 Å². The van der Waals surface area contributed by atoms with Crippen LogP contribution in [0.3, 0.4) is 0 Å². The van der Waals surface area contributed by atoms with Gasteiger partial charge in [0.25, 0.3) is 5.69 Å². The molecule has 0 unspecified atom stereocenters. The number of benzene rings is 1. The molecular formula is C15H19N3O3. The van der Waals surface area contributed by atoms with Crippen LogP contribution in [-0.4, -0.2) is 41.4 Å². The first-order valence-electron chi connectivity index (χ1n) is 7.44. The molecule has 21 heavy (non-hydrogen) atoms. The van der Waals surface area contributed by atoms with Gasteiger partial charge in [0.1, 0.15) is 0 Å². The summed E-state index contributed by atoms with van der Waals surface area (Å²) >= 11 is 0. The first kappa shape index (κ1) is 13.9. The van der Waals surface area contributed by atoms with Crippen LogP contribution < -0.4 is 4.90 Å². The van der Waals surface area contributed by atoms with Crippen LogP contribution in [0.2, 0.25) is 0 Å². The molecule has 6 nitrogen and oxygen atoms in total. The maximum absolute atomic E-state index is 11.8. The molecule has 0 aliphatic carbocycles. The third-order valence-corrected chi connectivity index (χ3v) is 4.44. The van der Waals surface area contributed by atoms with Crippen molar-refractivity contribution in [2.45, 2.75) is 31.7 Å². The average molecular weight is 289 g/mol. The Hall–Kier alpha value is -2.11. The molecule has 1 aromatic carbocycles. The van der Waals surface area contributed by atoms with Gasteiger partial charge >= 0.3 is 0 Å². The van der Waals surface area contributed by atoms with Crippen LogP contribution in [0, 0.1) is 10.1 Å². The number of likely N-dealkylation sites (tertiary alicyclic amines) is 1. The van der Waals surface area contributed by atoms with Gasteiger partial charge in [0.05, 0.1) is 4.92 Å². The lowest BCUT2D eigenvalue weighted by Gasteiger charge is -2.37. The van der Waals surface area contributed by atoms with Gasteiger partial charge in [-0.3, -0.25) is 14.9 Å². The van der Waals surface area contributed by atoms with E-state index in [9.17, 15) is 14.9 Å². The first-order chi connectivity index (χ1) is 10.1. The minimum absolute atomic E-state index is 0.122. The zero-order valence-electron chi connectivity index (χ0n) is 11.9. The predicted octanol–water partition coefficient (Wildman–Crippen LogP) is 2.19. The predicted molar refractivity (Wildman–Crippen MR) is 79.3 cm³/mol. The Bertz CT molecular complexity index is 536. The molecule has 2 saturated heterocycles. The minimum Gasteiger partial charge on any atom is -0.371 e. The van der Waals surface area contributed by atoms with Gasteiger partial charge < -0.3 is 9.80 Å². The molecule has 3 rings (SSSR count). The molecule has 1 amide bonds. The van der Waals surface area contributed by atoms with Crippen LogP contribution in [0.4, 0.5) is 11.4 Å². The van der Waals surface area contributed by atoms with Crippen molar-refractivity contribution < 1.29 is 9.72 Å². The highest BCUT2D eigenvalue weighted by Gasteiger charge is 2.30. The lowest BCUT2D eigenvalue weighted by atomic mass is 10.0. The summed E-state index contributed by atoms with van der Waals surface area (Å²) in [4.78, 5) is 26.3. The number of hydrogen-bond acceptors (Lipinski definition) is 4. The van der Waals surface area contributed by atoms with Gasteiger partial charge in [0.2, 0.25) is 5.91 Å². The number of carbonyl (C=O) groups is 1. The Labute approximate surface area is 123 Å². The SMILES string of the molecule is O=C1CCCN1C1CCN(c2ccc([N+](=O)[O-])cc2)CC1. The standard InChI is InChI=1S/C15H19N3O3/c19-15-2-1-9-17(15)13-7-10-16(11-8-13)12-3-5-14(6-4-12)18(20)21/h3-6,13H,1-2,7-11H2. The number of amides is 1. The molecule has 0 spiro atoms. The number of carbonyl (C=O) groups excluding carboxylic acids is 1. The van der Waals surface area contributed by atoms with Gasteiger partial charge in [-0.15, -0.1) is 0 Å². The summed E-state index contributed by atoms with van der Waals surface area (Å²) in [5, 5.41) is 10.7. The van der Waals surface area contributed by atoms with E-state index in [2.05, 4.69) is 4.90 Å². The molecule has 0 N–H and O–H groups in total. The zero-order chi connectivity index (χ0) is 14.8. The highest BCUT2D eigenvalue weighted by Crippen LogP contribution is 2.26. The molecule has 2 fully saturated rings. The van der Waals surface area contributed by atoms with E-state index in [-0.39, 0.29) is 10.6 Å². The number of nitro groups is 1. The number of rotatable bonds is 3. The molecule has 2 aliphatic rings. The first-order valence-corrected chi connectivity index (χ1v) is 7.44. The fourth-order valence-corrected chi connectivity index (χ4v) is 3.28. The van der Waals surface area contributed by atoms with E-state index in [1.165, 1.54) is 0 Å². The average Bonchev–Trinajstić information content (AvgIpc) is 2.94. The van der Waals surface area contributed by atoms with E-state index in [1.54, 1.807) is 24.3 Å². The summed E-state index contributed by atoms with van der Waals surface area (Å²) in [7, 11) is 0. The quantitative estimate of drug-likeness (QED) is 0.632. The van der Waals surface area contributed by atoms with E-state index < -0.39 is 0 Å². The Kier molecular flexibility index (Phi) is 3.77. The van der Waals surface area contributed by atoms with Crippen molar-refractivity contribution in [1.29, 1.82) is 0 Å². The Morgan fingerprint density at radius 2 is 1.76 bits per heavy atom. The second-order valence-electron chi connectivity index (χ2n) is 5.68. The normalized spacial score (nSPS) is 20.1. The minimum atomic E-state index is -0.380. The van der Waals surface area contributed by atoms with Crippen LogP contribution >= 0.6 is 0 Å². The number of anilines is 1. The molecule has 6 heteroatoms. The van der Waals surface area contributed by atoms with Gasteiger partial charge in [-0.25, -0.2) is 0 Å². The molecular weight excluding hydrogens is 270 g/mol. The summed E-state index contributed by atoms with van der Waals surface area (Å²) in [6.07, 6.45) is 3.63. The number of non-ortho nitro benzene ring substituents is 1. The second-order valence-corrected chi connectivity index (χ2v) is 5.68. The van der Waals surface area contributed by atoms with E-state index in [0.29, 0.717) is 18.4 Å². The van der Waals surface area contributed by atoms with E-state index in [1.807, 2.05) is 4.90 Å². The lowest BCUT2D eigenvalue weighted by Crippen LogP contribution is -2.45. The molecule has 2 heterocycles. The van der Waals surface area contributed by atoms with E-state index in [0.717, 1.165) is 44.6 Å². The molecule has 1 aromatic rings. The summed E-state index contributed by atoms with van der Waals surface area (Å²) in [5.41, 5.74) is 1.14. The number of piperidine rings is 1. The molecule has 2 aliphatic heterocycles. The van der Waals surface area contributed by atoms with Crippen molar-refractivity contribution in [2.24, 2.45) is 0 Å². The molecule has 0 saturated carbocycles. The van der Waals surface area contributed by atoms with Crippen molar-refractivity contribution in [2.75, 3.05) is 24.5 Å². The highest BCUT2D eigenvalue weighted by molar-refractivity contribution is 5.78. The van der Waals surface area contributed by atoms with Crippen molar-refractivity contribution in [3.63, 3.8) is 0 Å². The van der Waals surface area contributed by atoms with Crippen molar-refractivity contribution in [3.8, 4) is 0 Å². The summed E-state index contributed by atoms with van der Waals surface area (Å²) in [6.45, 7) is 2.69. The molecule has 0 bridgehead atoms. The third kappa shape index (κ3) is 2.84. The zero-order valence-corrected chi connectivity index (χ0v) is 11.9. The fourth-order valence-electron chi connectivity index (χ4n) is 3.28. The van der Waals surface area contributed by atoms with Crippen LogP contribution in [0.1, 0.15) is 25.7 Å². The largest absolute Gasteiger partial charge is 0.371 e. The van der Waals surface area contributed by atoms with Gasteiger partial charge in [-0.1, -0.05) is 0 Å². The van der Waals surface area contributed by atoms with Crippen molar-refractivity contribution >= 4 is 17.3 Å². The summed E-state index contributed by atoms with van der Waals surface area (Å²) in [6, 6.07) is 7.07. The Balaban J connectivity index is 1.60. The maximum atomic E-state index is 11.8. The second kappa shape index (κ2) is 5.71. The lowest BCUT2D eigenvalue weighted by molar-refractivity contribution is -0.384.